The number of halogens is 1. The Labute approximate surface area is 182 Å². The summed E-state index contributed by atoms with van der Waals surface area (Å²) in [6.07, 6.45) is 0.851. The van der Waals surface area contributed by atoms with Crippen molar-refractivity contribution in [2.24, 2.45) is 5.92 Å². The van der Waals surface area contributed by atoms with Gasteiger partial charge in [-0.25, -0.2) is 4.98 Å². The summed E-state index contributed by atoms with van der Waals surface area (Å²) < 4.78 is 1.69. The molecule has 30 heavy (non-hydrogen) atoms. The molecule has 3 aromatic rings. The van der Waals surface area contributed by atoms with Crippen LogP contribution in [0.3, 0.4) is 0 Å². The minimum atomic E-state index is -0.379. The van der Waals surface area contributed by atoms with Crippen LogP contribution >= 0.6 is 11.6 Å². The molecule has 1 amide bonds. The highest BCUT2D eigenvalue weighted by Gasteiger charge is 2.26. The summed E-state index contributed by atoms with van der Waals surface area (Å²) in [6, 6.07) is 16.8. The van der Waals surface area contributed by atoms with Gasteiger partial charge in [-0.15, -0.1) is 11.6 Å². The van der Waals surface area contributed by atoms with Crippen molar-refractivity contribution >= 4 is 28.4 Å². The second-order valence-corrected chi connectivity index (χ2v) is 8.21. The number of nitrogens with zero attached hydrogens (tertiary/aromatic N) is 3. The standard InChI is InChI=1S/C24H28ClN3O2/c1-17(2)13-14-27(22(29)15-25)18(3)23-26-21-12-8-7-11-20(21)24(30)28(23)16-19-9-5-4-6-10-19/h4-12,17-18H,13-16H2,1-3H3. The molecule has 0 saturated carbocycles. The highest BCUT2D eigenvalue weighted by molar-refractivity contribution is 6.27. The molecular weight excluding hydrogens is 398 g/mol. The normalized spacial score (nSPS) is 12.3. The molecule has 0 saturated heterocycles. The molecule has 1 unspecified atom stereocenters. The van der Waals surface area contributed by atoms with Crippen LogP contribution in [-0.2, 0) is 11.3 Å². The first-order valence-electron chi connectivity index (χ1n) is 10.3. The van der Waals surface area contributed by atoms with Crippen LogP contribution in [0.1, 0.15) is 44.6 Å². The van der Waals surface area contributed by atoms with Crippen LogP contribution in [0.25, 0.3) is 10.9 Å². The molecular formula is C24H28ClN3O2. The van der Waals surface area contributed by atoms with Crippen LogP contribution in [0.4, 0.5) is 0 Å². The first kappa shape index (κ1) is 22.0. The van der Waals surface area contributed by atoms with E-state index in [2.05, 4.69) is 13.8 Å². The molecule has 6 heteroatoms. The van der Waals surface area contributed by atoms with E-state index in [0.29, 0.717) is 35.7 Å². The summed E-state index contributed by atoms with van der Waals surface area (Å²) in [5, 5.41) is 0.571. The molecule has 1 aromatic heterocycles. The number of rotatable bonds is 8. The number of benzene rings is 2. The molecule has 158 valence electrons. The predicted octanol–water partition coefficient (Wildman–Crippen LogP) is 4.62. The van der Waals surface area contributed by atoms with Gasteiger partial charge < -0.3 is 4.90 Å². The van der Waals surface area contributed by atoms with Crippen LogP contribution in [0.2, 0.25) is 0 Å². The van der Waals surface area contributed by atoms with E-state index >= 15 is 0 Å². The number of fused-ring (bicyclic) bond motifs is 1. The number of carbonyl (C=O) groups excluding carboxylic acids is 1. The number of para-hydroxylation sites is 1. The van der Waals surface area contributed by atoms with Gasteiger partial charge >= 0.3 is 0 Å². The fraction of sp³-hybridized carbons (Fsp3) is 0.375. The molecule has 0 bridgehead atoms. The van der Waals surface area contributed by atoms with Gasteiger partial charge in [-0.1, -0.05) is 56.3 Å². The van der Waals surface area contributed by atoms with Gasteiger partial charge in [0.1, 0.15) is 11.7 Å². The van der Waals surface area contributed by atoms with E-state index in [-0.39, 0.29) is 23.4 Å². The molecule has 1 heterocycles. The molecule has 0 aliphatic carbocycles. The van der Waals surface area contributed by atoms with Crippen molar-refractivity contribution in [3.05, 3.63) is 76.3 Å². The quantitative estimate of drug-likeness (QED) is 0.495. The van der Waals surface area contributed by atoms with Crippen molar-refractivity contribution in [2.75, 3.05) is 12.4 Å². The lowest BCUT2D eigenvalue weighted by Gasteiger charge is -2.30. The second-order valence-electron chi connectivity index (χ2n) is 7.94. The Kier molecular flexibility index (Phi) is 7.27. The fourth-order valence-electron chi connectivity index (χ4n) is 3.57. The maximum atomic E-state index is 13.4. The minimum absolute atomic E-state index is 0.0983. The van der Waals surface area contributed by atoms with Crippen molar-refractivity contribution < 1.29 is 4.79 Å². The number of carbonyl (C=O) groups is 1. The Hall–Kier alpha value is -2.66. The van der Waals surface area contributed by atoms with Crippen molar-refractivity contribution in [3.63, 3.8) is 0 Å². The van der Waals surface area contributed by atoms with Crippen LogP contribution in [0, 0.1) is 5.92 Å². The first-order valence-corrected chi connectivity index (χ1v) is 10.8. The lowest BCUT2D eigenvalue weighted by atomic mass is 10.1. The average Bonchev–Trinajstić information content (AvgIpc) is 2.75. The summed E-state index contributed by atoms with van der Waals surface area (Å²) in [7, 11) is 0. The average molecular weight is 426 g/mol. The van der Waals surface area contributed by atoms with Gasteiger partial charge in [0.05, 0.1) is 23.5 Å². The fourth-order valence-corrected chi connectivity index (χ4v) is 3.72. The lowest BCUT2D eigenvalue weighted by molar-refractivity contribution is -0.131. The Balaban J connectivity index is 2.12. The Bertz CT molecular complexity index is 1060. The Morgan fingerprint density at radius 2 is 1.73 bits per heavy atom. The smallest absolute Gasteiger partial charge is 0.261 e. The second kappa shape index (κ2) is 9.90. The lowest BCUT2D eigenvalue weighted by Crippen LogP contribution is -2.39. The van der Waals surface area contributed by atoms with Gasteiger partial charge in [0.2, 0.25) is 5.91 Å². The zero-order chi connectivity index (χ0) is 21.7. The van der Waals surface area contributed by atoms with Gasteiger partial charge in [-0.2, -0.15) is 0 Å². The third-order valence-corrected chi connectivity index (χ3v) is 5.53. The zero-order valence-electron chi connectivity index (χ0n) is 17.7. The summed E-state index contributed by atoms with van der Waals surface area (Å²) in [6.45, 7) is 7.12. The Morgan fingerprint density at radius 1 is 1.07 bits per heavy atom. The summed E-state index contributed by atoms with van der Waals surface area (Å²) >= 11 is 5.91. The van der Waals surface area contributed by atoms with Crippen LogP contribution in [0.5, 0.6) is 0 Å². The highest BCUT2D eigenvalue weighted by Crippen LogP contribution is 2.22. The maximum absolute atomic E-state index is 13.4. The molecule has 0 aliphatic heterocycles. The van der Waals surface area contributed by atoms with Crippen molar-refractivity contribution in [3.8, 4) is 0 Å². The molecule has 3 rings (SSSR count). The van der Waals surface area contributed by atoms with Crippen molar-refractivity contribution in [1.29, 1.82) is 0 Å². The molecule has 0 spiro atoms. The monoisotopic (exact) mass is 425 g/mol. The van der Waals surface area contributed by atoms with E-state index in [1.54, 1.807) is 15.5 Å². The van der Waals surface area contributed by atoms with E-state index in [0.717, 1.165) is 12.0 Å². The molecule has 0 aliphatic rings. The van der Waals surface area contributed by atoms with Gasteiger partial charge in [0.15, 0.2) is 0 Å². The summed E-state index contributed by atoms with van der Waals surface area (Å²) in [5.74, 6) is 0.765. The van der Waals surface area contributed by atoms with E-state index in [1.165, 1.54) is 0 Å². The summed E-state index contributed by atoms with van der Waals surface area (Å²) in [4.78, 5) is 32.6. The van der Waals surface area contributed by atoms with E-state index < -0.39 is 0 Å². The van der Waals surface area contributed by atoms with Crippen LogP contribution < -0.4 is 5.56 Å². The zero-order valence-corrected chi connectivity index (χ0v) is 18.5. The Morgan fingerprint density at radius 3 is 2.40 bits per heavy atom. The molecule has 0 radical (unpaired) electrons. The van der Waals surface area contributed by atoms with Gasteiger partial charge in [-0.3, -0.25) is 14.2 Å². The highest BCUT2D eigenvalue weighted by atomic mass is 35.5. The number of hydrogen-bond donors (Lipinski definition) is 0. The topological polar surface area (TPSA) is 55.2 Å². The molecule has 2 aromatic carbocycles. The third kappa shape index (κ3) is 4.90. The minimum Gasteiger partial charge on any atom is -0.332 e. The molecule has 0 fully saturated rings. The SMILES string of the molecule is CC(C)CCN(C(=O)CCl)C(C)c1nc2ccccc2c(=O)n1Cc1ccccc1. The van der Waals surface area contributed by atoms with Crippen molar-refractivity contribution in [2.45, 2.75) is 39.8 Å². The van der Waals surface area contributed by atoms with E-state index in [1.807, 2.05) is 55.5 Å². The molecule has 1 atom stereocenters. The van der Waals surface area contributed by atoms with E-state index in [4.69, 9.17) is 16.6 Å². The largest absolute Gasteiger partial charge is 0.332 e. The first-order chi connectivity index (χ1) is 14.4. The number of amides is 1. The number of aromatic nitrogens is 2. The molecule has 5 nitrogen and oxygen atoms in total. The van der Waals surface area contributed by atoms with Crippen molar-refractivity contribution in [1.82, 2.24) is 14.5 Å². The van der Waals surface area contributed by atoms with Crippen LogP contribution in [-0.4, -0.2) is 32.8 Å². The maximum Gasteiger partial charge on any atom is 0.261 e. The van der Waals surface area contributed by atoms with Gasteiger partial charge in [0, 0.05) is 6.54 Å². The van der Waals surface area contributed by atoms with Gasteiger partial charge in [-0.05, 0) is 37.0 Å². The number of hydrogen-bond acceptors (Lipinski definition) is 3. The predicted molar refractivity (Wildman–Crippen MR) is 122 cm³/mol. The van der Waals surface area contributed by atoms with E-state index in [9.17, 15) is 9.59 Å². The number of alkyl halides is 1. The third-order valence-electron chi connectivity index (χ3n) is 5.30. The van der Waals surface area contributed by atoms with Crippen LogP contribution in [0.15, 0.2) is 59.4 Å². The molecule has 0 N–H and O–H groups in total. The summed E-state index contributed by atoms with van der Waals surface area (Å²) in [5.41, 5.74) is 1.53. The van der Waals surface area contributed by atoms with Gasteiger partial charge in [0.25, 0.3) is 5.56 Å².